The van der Waals surface area contributed by atoms with Crippen LogP contribution in [0.2, 0.25) is 5.02 Å². The molecule has 1 saturated heterocycles. The molecule has 2 heterocycles. The summed E-state index contributed by atoms with van der Waals surface area (Å²) >= 11 is 7.27. The van der Waals surface area contributed by atoms with Crippen molar-refractivity contribution in [2.45, 2.75) is 46.2 Å². The number of piperidine rings is 1. The van der Waals surface area contributed by atoms with Crippen molar-refractivity contribution in [1.82, 2.24) is 9.88 Å². The zero-order valence-electron chi connectivity index (χ0n) is 18.1. The van der Waals surface area contributed by atoms with Gasteiger partial charge in [0.1, 0.15) is 0 Å². The number of carbonyl (C=O) groups excluding carboxylic acids is 2. The first-order chi connectivity index (χ1) is 14.8. The van der Waals surface area contributed by atoms with Gasteiger partial charge in [0, 0.05) is 46.9 Å². The number of anilines is 1. The molecule has 0 radical (unpaired) electrons. The fourth-order valence-corrected chi connectivity index (χ4v) is 4.57. The first-order valence-corrected chi connectivity index (χ1v) is 11.4. The molecule has 1 aliphatic rings. The average molecular weight is 488 g/mol. The Morgan fingerprint density at radius 3 is 2.47 bits per heavy atom. The van der Waals surface area contributed by atoms with Gasteiger partial charge < -0.3 is 10.2 Å². The second kappa shape index (κ2) is 9.39. The van der Waals surface area contributed by atoms with Crippen LogP contribution in [-0.4, -0.2) is 34.8 Å². The Labute approximate surface area is 194 Å². The largest absolute Gasteiger partial charge is 0.416 e. The first-order valence-electron chi connectivity index (χ1n) is 10.2. The molecule has 1 fully saturated rings. The van der Waals surface area contributed by atoms with Gasteiger partial charge in [0.15, 0.2) is 5.13 Å². The van der Waals surface area contributed by atoms with E-state index in [2.05, 4.69) is 10.3 Å². The standard InChI is InChI=1S/C22H25ClF3N3O2S/c1-21(2,3)19(31)29-8-6-13(7-9-29)18(30)28-20-27-12-16(32-20)11-14-10-15(22(24,25)26)4-5-17(14)23/h4-5,10,12-13H,6-9,11H2,1-3H3,(H,27,28,30). The third kappa shape index (κ3) is 6.01. The Morgan fingerprint density at radius 2 is 1.88 bits per heavy atom. The predicted octanol–water partition coefficient (Wildman–Crippen LogP) is 5.63. The third-order valence-corrected chi connectivity index (χ3v) is 6.60. The second-order valence-electron chi connectivity index (χ2n) is 8.92. The van der Waals surface area contributed by atoms with Crippen molar-refractivity contribution in [3.05, 3.63) is 45.4 Å². The number of benzene rings is 1. The summed E-state index contributed by atoms with van der Waals surface area (Å²) in [5.41, 5.74) is -0.861. The van der Waals surface area contributed by atoms with Gasteiger partial charge in [-0.2, -0.15) is 13.2 Å². The minimum Gasteiger partial charge on any atom is -0.342 e. The maximum Gasteiger partial charge on any atom is 0.416 e. The Morgan fingerprint density at radius 1 is 1.22 bits per heavy atom. The SMILES string of the molecule is CC(C)(C)C(=O)N1CCC(C(=O)Nc2ncc(Cc3cc(C(F)(F)F)ccc3Cl)s2)CC1. The van der Waals surface area contributed by atoms with Crippen LogP contribution in [-0.2, 0) is 22.2 Å². The number of nitrogens with one attached hydrogen (secondary N) is 1. The summed E-state index contributed by atoms with van der Waals surface area (Å²) in [6.07, 6.45) is -1.58. The van der Waals surface area contributed by atoms with E-state index in [9.17, 15) is 22.8 Å². The number of hydrogen-bond donors (Lipinski definition) is 1. The number of hydrogen-bond acceptors (Lipinski definition) is 4. The van der Waals surface area contributed by atoms with Crippen LogP contribution < -0.4 is 5.32 Å². The van der Waals surface area contributed by atoms with E-state index in [0.717, 1.165) is 12.1 Å². The highest BCUT2D eigenvalue weighted by Crippen LogP contribution is 2.33. The maximum absolute atomic E-state index is 13.0. The monoisotopic (exact) mass is 487 g/mol. The molecule has 1 aromatic heterocycles. The van der Waals surface area contributed by atoms with Gasteiger partial charge in [-0.3, -0.25) is 9.59 Å². The van der Waals surface area contributed by atoms with Gasteiger partial charge in [0.25, 0.3) is 0 Å². The number of nitrogens with zero attached hydrogens (tertiary/aromatic N) is 2. The predicted molar refractivity (Wildman–Crippen MR) is 119 cm³/mol. The van der Waals surface area contributed by atoms with E-state index in [4.69, 9.17) is 11.6 Å². The molecule has 1 aliphatic heterocycles. The van der Waals surface area contributed by atoms with Crippen LogP contribution >= 0.6 is 22.9 Å². The molecular formula is C22H25ClF3N3O2S. The fourth-order valence-electron chi connectivity index (χ4n) is 3.55. The summed E-state index contributed by atoms with van der Waals surface area (Å²) in [5.74, 6) is -0.302. The van der Waals surface area contributed by atoms with E-state index >= 15 is 0 Å². The summed E-state index contributed by atoms with van der Waals surface area (Å²) < 4.78 is 38.9. The van der Waals surface area contributed by atoms with E-state index in [-0.39, 0.29) is 29.2 Å². The van der Waals surface area contributed by atoms with Crippen molar-refractivity contribution in [2.24, 2.45) is 11.3 Å². The minimum absolute atomic E-state index is 0.0779. The smallest absolute Gasteiger partial charge is 0.342 e. The molecule has 0 aliphatic carbocycles. The topological polar surface area (TPSA) is 62.3 Å². The average Bonchev–Trinajstić information content (AvgIpc) is 3.14. The maximum atomic E-state index is 13.0. The summed E-state index contributed by atoms with van der Waals surface area (Å²) in [6.45, 7) is 6.69. The Bertz CT molecular complexity index is 993. The lowest BCUT2D eigenvalue weighted by Crippen LogP contribution is -2.45. The molecule has 1 aromatic carbocycles. The summed E-state index contributed by atoms with van der Waals surface area (Å²) in [7, 11) is 0. The van der Waals surface area contributed by atoms with Crippen molar-refractivity contribution >= 4 is 39.9 Å². The normalized spacial score (nSPS) is 15.7. The zero-order chi connectivity index (χ0) is 23.7. The van der Waals surface area contributed by atoms with Gasteiger partial charge in [0.05, 0.1) is 5.56 Å². The number of likely N-dealkylation sites (tertiary alicyclic amines) is 1. The van der Waals surface area contributed by atoms with Crippen LogP contribution in [0.1, 0.15) is 49.6 Å². The highest BCUT2D eigenvalue weighted by molar-refractivity contribution is 7.15. The van der Waals surface area contributed by atoms with Crippen molar-refractivity contribution in [1.29, 1.82) is 0 Å². The van der Waals surface area contributed by atoms with Crippen LogP contribution in [0.15, 0.2) is 24.4 Å². The number of aromatic nitrogens is 1. The molecule has 0 spiro atoms. The molecule has 0 saturated carbocycles. The molecule has 32 heavy (non-hydrogen) atoms. The molecule has 174 valence electrons. The van der Waals surface area contributed by atoms with Gasteiger partial charge >= 0.3 is 6.18 Å². The van der Waals surface area contributed by atoms with Gasteiger partial charge in [0.2, 0.25) is 11.8 Å². The fraction of sp³-hybridized carbons (Fsp3) is 0.500. The van der Waals surface area contributed by atoms with Gasteiger partial charge in [-0.1, -0.05) is 32.4 Å². The molecule has 5 nitrogen and oxygen atoms in total. The molecule has 0 unspecified atom stereocenters. The van der Waals surface area contributed by atoms with Crippen molar-refractivity contribution < 1.29 is 22.8 Å². The number of carbonyl (C=O) groups is 2. The zero-order valence-corrected chi connectivity index (χ0v) is 19.6. The number of halogens is 4. The number of alkyl halides is 3. The quantitative estimate of drug-likeness (QED) is 0.608. The van der Waals surface area contributed by atoms with E-state index in [1.807, 2.05) is 20.8 Å². The molecule has 2 amide bonds. The Hall–Kier alpha value is -2.13. The highest BCUT2D eigenvalue weighted by atomic mass is 35.5. The second-order valence-corrected chi connectivity index (χ2v) is 10.4. The molecule has 0 atom stereocenters. The lowest BCUT2D eigenvalue weighted by atomic mass is 9.91. The molecule has 2 aromatic rings. The number of thiazole rings is 1. The number of rotatable bonds is 4. The minimum atomic E-state index is -4.45. The van der Waals surface area contributed by atoms with Gasteiger partial charge in [-0.05, 0) is 36.6 Å². The molecule has 10 heteroatoms. The summed E-state index contributed by atoms with van der Waals surface area (Å²) in [4.78, 5) is 31.7. The van der Waals surface area contributed by atoms with Crippen LogP contribution in [0, 0.1) is 11.3 Å². The lowest BCUT2D eigenvalue weighted by Gasteiger charge is -2.35. The van der Waals surface area contributed by atoms with Crippen LogP contribution in [0.25, 0.3) is 0 Å². The highest BCUT2D eigenvalue weighted by Gasteiger charge is 2.33. The third-order valence-electron chi connectivity index (χ3n) is 5.32. The van der Waals surface area contributed by atoms with Crippen molar-refractivity contribution in [2.75, 3.05) is 18.4 Å². The number of amides is 2. The molecular weight excluding hydrogens is 463 g/mol. The van der Waals surface area contributed by atoms with Crippen LogP contribution in [0.5, 0.6) is 0 Å². The van der Waals surface area contributed by atoms with Gasteiger partial charge in [-0.25, -0.2) is 4.98 Å². The summed E-state index contributed by atoms with van der Waals surface area (Å²) in [6, 6.07) is 3.22. The van der Waals surface area contributed by atoms with E-state index < -0.39 is 17.2 Å². The summed E-state index contributed by atoms with van der Waals surface area (Å²) in [5, 5.41) is 3.43. The molecule has 0 bridgehead atoms. The first kappa shape index (κ1) is 24.5. The van der Waals surface area contributed by atoms with E-state index in [1.165, 1.54) is 23.6 Å². The Kier molecular flexibility index (Phi) is 7.19. The molecule has 1 N–H and O–H groups in total. The molecule has 3 rings (SSSR count). The lowest BCUT2D eigenvalue weighted by molar-refractivity contribution is -0.142. The Balaban J connectivity index is 1.58. The van der Waals surface area contributed by atoms with Crippen molar-refractivity contribution in [3.8, 4) is 0 Å². The van der Waals surface area contributed by atoms with Crippen molar-refractivity contribution in [3.63, 3.8) is 0 Å². The van der Waals surface area contributed by atoms with E-state index in [0.29, 0.717) is 41.5 Å². The van der Waals surface area contributed by atoms with E-state index in [1.54, 1.807) is 4.90 Å². The van der Waals surface area contributed by atoms with Crippen LogP contribution in [0.4, 0.5) is 18.3 Å². The van der Waals surface area contributed by atoms with Crippen LogP contribution in [0.3, 0.4) is 0 Å². The van der Waals surface area contributed by atoms with Gasteiger partial charge in [-0.15, -0.1) is 11.3 Å².